The maximum Gasteiger partial charge on any atom is 0.164 e. The minimum Gasteiger partial charge on any atom is -0.496 e. The summed E-state index contributed by atoms with van der Waals surface area (Å²) in [6.45, 7) is 3.67. The lowest BCUT2D eigenvalue weighted by atomic mass is 10.1. The number of rotatable bonds is 8. The lowest BCUT2D eigenvalue weighted by Crippen LogP contribution is -2.29. The average Bonchev–Trinajstić information content (AvgIpc) is 3.04. The highest BCUT2D eigenvalue weighted by Gasteiger charge is 2.12. The molecule has 0 bridgehead atoms. The van der Waals surface area contributed by atoms with Crippen molar-refractivity contribution in [1.82, 2.24) is 14.9 Å². The van der Waals surface area contributed by atoms with Crippen LogP contribution in [0.15, 0.2) is 30.9 Å². The smallest absolute Gasteiger partial charge is 0.164 e. The summed E-state index contributed by atoms with van der Waals surface area (Å²) in [4.78, 5) is 4.05. The number of nitrogens with zero attached hydrogens (tertiary/aromatic N) is 2. The largest absolute Gasteiger partial charge is 0.496 e. The molecule has 6 nitrogen and oxygen atoms in total. The van der Waals surface area contributed by atoms with E-state index < -0.39 is 0 Å². The number of hydrogen-bond donors (Lipinski definition) is 1. The fourth-order valence-electron chi connectivity index (χ4n) is 2.29. The molecule has 2 aromatic rings. The molecule has 1 aromatic carbocycles. The molecular formula is C16H23N3O3. The highest BCUT2D eigenvalue weighted by Crippen LogP contribution is 2.34. The molecule has 1 atom stereocenters. The third-order valence-corrected chi connectivity index (χ3v) is 3.47. The first-order valence-corrected chi connectivity index (χ1v) is 7.16. The van der Waals surface area contributed by atoms with Crippen LogP contribution in [-0.4, -0.2) is 36.9 Å². The van der Waals surface area contributed by atoms with Gasteiger partial charge in [-0.25, -0.2) is 4.98 Å². The van der Waals surface area contributed by atoms with Crippen LogP contribution in [0.25, 0.3) is 0 Å². The van der Waals surface area contributed by atoms with E-state index in [-0.39, 0.29) is 0 Å². The Bertz CT molecular complexity index is 585. The highest BCUT2D eigenvalue weighted by atomic mass is 16.5. The second-order valence-electron chi connectivity index (χ2n) is 5.06. The second-order valence-corrected chi connectivity index (χ2v) is 5.06. The summed E-state index contributed by atoms with van der Waals surface area (Å²) < 4.78 is 18.1. The number of aromatic nitrogens is 2. The Labute approximate surface area is 131 Å². The number of benzene rings is 1. The maximum atomic E-state index is 5.43. The Morgan fingerprint density at radius 2 is 1.77 bits per heavy atom. The molecule has 0 saturated heterocycles. The van der Waals surface area contributed by atoms with Gasteiger partial charge in [0.1, 0.15) is 5.75 Å². The van der Waals surface area contributed by atoms with E-state index in [2.05, 4.69) is 17.2 Å². The van der Waals surface area contributed by atoms with Gasteiger partial charge in [-0.2, -0.15) is 0 Å². The van der Waals surface area contributed by atoms with Gasteiger partial charge in [0.25, 0.3) is 0 Å². The van der Waals surface area contributed by atoms with Gasteiger partial charge < -0.3 is 24.1 Å². The van der Waals surface area contributed by atoms with Crippen LogP contribution in [0.5, 0.6) is 17.2 Å². The van der Waals surface area contributed by atoms with Gasteiger partial charge >= 0.3 is 0 Å². The zero-order chi connectivity index (χ0) is 15.9. The Hall–Kier alpha value is -2.21. The summed E-state index contributed by atoms with van der Waals surface area (Å²) >= 11 is 0. The van der Waals surface area contributed by atoms with Crippen molar-refractivity contribution in [1.29, 1.82) is 0 Å². The summed E-state index contributed by atoms with van der Waals surface area (Å²) in [5.74, 6) is 2.14. The van der Waals surface area contributed by atoms with E-state index in [4.69, 9.17) is 14.2 Å². The summed E-state index contributed by atoms with van der Waals surface area (Å²) in [5, 5.41) is 3.48. The maximum absolute atomic E-state index is 5.43. The molecule has 120 valence electrons. The molecule has 0 aliphatic rings. The molecule has 0 unspecified atom stereocenters. The second kappa shape index (κ2) is 7.70. The first kappa shape index (κ1) is 16.2. The number of nitrogens with one attached hydrogen (secondary N) is 1. The monoisotopic (exact) mass is 305 g/mol. The fraction of sp³-hybridized carbons (Fsp3) is 0.438. The predicted octanol–water partition coefficient (Wildman–Crippen LogP) is 2.09. The molecule has 0 spiro atoms. The quantitative estimate of drug-likeness (QED) is 0.809. The summed E-state index contributed by atoms with van der Waals surface area (Å²) in [5.41, 5.74) is 1.03. The van der Waals surface area contributed by atoms with Crippen LogP contribution in [0.4, 0.5) is 0 Å². The van der Waals surface area contributed by atoms with Gasteiger partial charge in [-0.1, -0.05) is 0 Å². The molecule has 2 rings (SSSR count). The van der Waals surface area contributed by atoms with E-state index in [9.17, 15) is 0 Å². The highest BCUT2D eigenvalue weighted by molar-refractivity contribution is 5.50. The van der Waals surface area contributed by atoms with Crippen molar-refractivity contribution in [2.75, 3.05) is 21.3 Å². The molecule has 22 heavy (non-hydrogen) atoms. The lowest BCUT2D eigenvalue weighted by Gasteiger charge is -2.17. The molecular weight excluding hydrogens is 282 g/mol. The third kappa shape index (κ3) is 3.92. The number of hydrogen-bond acceptors (Lipinski definition) is 5. The van der Waals surface area contributed by atoms with Crippen molar-refractivity contribution < 1.29 is 14.2 Å². The minimum atomic E-state index is 0.298. The molecule has 1 heterocycles. The van der Waals surface area contributed by atoms with Crippen LogP contribution in [-0.2, 0) is 13.1 Å². The van der Waals surface area contributed by atoms with Crippen LogP contribution in [0.2, 0.25) is 0 Å². The predicted molar refractivity (Wildman–Crippen MR) is 84.6 cm³/mol. The van der Waals surface area contributed by atoms with Crippen LogP contribution in [0.3, 0.4) is 0 Å². The van der Waals surface area contributed by atoms with E-state index in [1.165, 1.54) is 0 Å². The summed E-state index contributed by atoms with van der Waals surface area (Å²) in [6, 6.07) is 4.08. The Morgan fingerprint density at radius 3 is 2.36 bits per heavy atom. The first-order chi connectivity index (χ1) is 10.7. The zero-order valence-electron chi connectivity index (χ0n) is 13.5. The summed E-state index contributed by atoms with van der Waals surface area (Å²) in [7, 11) is 4.89. The van der Waals surface area contributed by atoms with Crippen LogP contribution in [0, 0.1) is 0 Å². The lowest BCUT2D eigenvalue weighted by molar-refractivity contribution is 0.346. The van der Waals surface area contributed by atoms with Crippen LogP contribution in [0.1, 0.15) is 12.5 Å². The Kier molecular flexibility index (Phi) is 5.66. The molecule has 0 fully saturated rings. The van der Waals surface area contributed by atoms with Gasteiger partial charge in [0.15, 0.2) is 11.5 Å². The van der Waals surface area contributed by atoms with Crippen LogP contribution >= 0.6 is 0 Å². The van der Waals surface area contributed by atoms with E-state index in [1.807, 2.05) is 29.2 Å². The number of methoxy groups -OCH3 is 3. The van der Waals surface area contributed by atoms with Gasteiger partial charge in [0, 0.05) is 43.2 Å². The first-order valence-electron chi connectivity index (χ1n) is 7.16. The molecule has 0 aliphatic heterocycles. The molecule has 1 N–H and O–H groups in total. The SMILES string of the molecule is COc1cc(OC)c(OC)cc1CN[C@@H](C)Cn1ccnc1. The fourth-order valence-corrected chi connectivity index (χ4v) is 2.29. The van der Waals surface area contributed by atoms with Crippen molar-refractivity contribution in [3.8, 4) is 17.2 Å². The topological polar surface area (TPSA) is 57.5 Å². The molecule has 0 aliphatic carbocycles. The van der Waals surface area contributed by atoms with E-state index >= 15 is 0 Å². The standard InChI is InChI=1S/C16H23N3O3/c1-12(10-19-6-5-17-11-19)18-9-13-7-15(21-3)16(22-4)8-14(13)20-2/h5-8,11-12,18H,9-10H2,1-4H3/t12-/m0/s1. The molecule has 0 radical (unpaired) electrons. The number of imidazole rings is 1. The average molecular weight is 305 g/mol. The van der Waals surface area contributed by atoms with E-state index in [0.29, 0.717) is 24.1 Å². The van der Waals surface area contributed by atoms with Crippen LogP contribution < -0.4 is 19.5 Å². The zero-order valence-corrected chi connectivity index (χ0v) is 13.5. The van der Waals surface area contributed by atoms with Gasteiger partial charge in [-0.05, 0) is 13.0 Å². The summed E-state index contributed by atoms with van der Waals surface area (Å²) in [6.07, 6.45) is 5.55. The van der Waals surface area contributed by atoms with Crippen molar-refractivity contribution in [3.05, 3.63) is 36.4 Å². The van der Waals surface area contributed by atoms with Crippen molar-refractivity contribution in [2.24, 2.45) is 0 Å². The van der Waals surface area contributed by atoms with E-state index in [1.54, 1.807) is 27.5 Å². The minimum absolute atomic E-state index is 0.298. The molecule has 0 amide bonds. The molecule has 1 aromatic heterocycles. The Morgan fingerprint density at radius 1 is 1.09 bits per heavy atom. The Balaban J connectivity index is 2.04. The molecule has 6 heteroatoms. The molecule has 0 saturated carbocycles. The van der Waals surface area contributed by atoms with Gasteiger partial charge in [-0.15, -0.1) is 0 Å². The van der Waals surface area contributed by atoms with Gasteiger partial charge in [0.05, 0.1) is 27.7 Å². The normalized spacial score (nSPS) is 12.0. The van der Waals surface area contributed by atoms with Gasteiger partial charge in [-0.3, -0.25) is 0 Å². The number of ether oxygens (including phenoxy) is 3. The van der Waals surface area contributed by atoms with E-state index in [0.717, 1.165) is 17.9 Å². The third-order valence-electron chi connectivity index (χ3n) is 3.47. The van der Waals surface area contributed by atoms with Crippen molar-refractivity contribution in [3.63, 3.8) is 0 Å². The van der Waals surface area contributed by atoms with Crippen molar-refractivity contribution >= 4 is 0 Å². The van der Waals surface area contributed by atoms with Gasteiger partial charge in [0.2, 0.25) is 0 Å². The van der Waals surface area contributed by atoms with Crippen molar-refractivity contribution in [2.45, 2.75) is 26.1 Å².